The summed E-state index contributed by atoms with van der Waals surface area (Å²) in [6.45, 7) is 5.17. The Bertz CT molecular complexity index is 1130. The third-order valence-electron chi connectivity index (χ3n) is 5.28. The molecule has 0 saturated heterocycles. The molecule has 0 fully saturated rings. The third-order valence-corrected chi connectivity index (χ3v) is 5.28. The summed E-state index contributed by atoms with van der Waals surface area (Å²) in [5.74, 6) is -2.91. The number of ether oxygens (including phenoxy) is 1. The molecule has 2 heterocycles. The monoisotopic (exact) mass is 454 g/mol. The number of rotatable bonds is 7. The van der Waals surface area contributed by atoms with Gasteiger partial charge in [-0.05, 0) is 43.0 Å². The molecule has 0 saturated carbocycles. The zero-order valence-corrected chi connectivity index (χ0v) is 17.6. The normalized spacial score (nSPS) is 13.2. The van der Waals surface area contributed by atoms with Crippen LogP contribution in [0.3, 0.4) is 0 Å². The van der Waals surface area contributed by atoms with Gasteiger partial charge >= 0.3 is 6.36 Å². The number of hydrogen-bond acceptors (Lipinski definition) is 5. The molecule has 0 spiro atoms. The third kappa shape index (κ3) is 4.82. The summed E-state index contributed by atoms with van der Waals surface area (Å²) in [6, 6.07) is 1.66. The van der Waals surface area contributed by atoms with Crippen LogP contribution in [0.2, 0.25) is 0 Å². The summed E-state index contributed by atoms with van der Waals surface area (Å²) in [5, 5.41) is 17.9. The second-order valence-corrected chi connectivity index (χ2v) is 7.41. The lowest BCUT2D eigenvalue weighted by molar-refractivity contribution is -0.275. The van der Waals surface area contributed by atoms with E-state index in [2.05, 4.69) is 20.1 Å². The Labute approximate surface area is 181 Å². The molecule has 0 radical (unpaired) electrons. The molecule has 2 N–H and O–H groups in total. The fraction of sp³-hybridized carbons (Fsp3) is 0.381. The van der Waals surface area contributed by atoms with Crippen LogP contribution in [-0.4, -0.2) is 37.6 Å². The number of benzene rings is 1. The lowest BCUT2D eigenvalue weighted by Crippen LogP contribution is -2.45. The van der Waals surface area contributed by atoms with Crippen LogP contribution < -0.4 is 10.1 Å². The van der Waals surface area contributed by atoms with Gasteiger partial charge in [-0.15, -0.1) is 13.2 Å². The van der Waals surface area contributed by atoms with E-state index in [0.717, 1.165) is 17.7 Å². The van der Waals surface area contributed by atoms with Crippen LogP contribution >= 0.6 is 0 Å². The van der Waals surface area contributed by atoms with Gasteiger partial charge < -0.3 is 15.2 Å². The summed E-state index contributed by atoms with van der Waals surface area (Å²) < 4.78 is 56.8. The van der Waals surface area contributed by atoms with Gasteiger partial charge in [0.25, 0.3) is 5.91 Å². The van der Waals surface area contributed by atoms with Crippen LogP contribution in [0.15, 0.2) is 36.8 Å². The molecule has 1 aromatic carbocycles. The number of alkyl halides is 3. The standard InChI is InChI=1S/C21H22F4N4O3/c1-4-20(31,5-2)17(13-6-7-16(15(22)8-13)32-21(23,24)25)28-19(30)14-10-27-29-11-12(3)9-26-18(14)29/h6-11,17,31H,4-5H2,1-3H3,(H,28,30). The van der Waals surface area contributed by atoms with Crippen LogP contribution in [-0.2, 0) is 0 Å². The van der Waals surface area contributed by atoms with Gasteiger partial charge in [-0.1, -0.05) is 19.9 Å². The average Bonchev–Trinajstić information content (AvgIpc) is 3.15. The van der Waals surface area contributed by atoms with E-state index in [0.29, 0.717) is 0 Å². The maximum atomic E-state index is 14.4. The van der Waals surface area contributed by atoms with Crippen molar-refractivity contribution in [3.05, 3.63) is 59.3 Å². The molecule has 1 atom stereocenters. The molecule has 3 rings (SSSR count). The van der Waals surface area contributed by atoms with Gasteiger partial charge in [-0.3, -0.25) is 4.79 Å². The number of nitrogens with one attached hydrogen (secondary N) is 1. The summed E-state index contributed by atoms with van der Waals surface area (Å²) >= 11 is 0. The Kier molecular flexibility index (Phi) is 6.40. The Hall–Kier alpha value is -3.21. The molecular weight excluding hydrogens is 432 g/mol. The molecule has 1 amide bonds. The maximum absolute atomic E-state index is 14.4. The van der Waals surface area contributed by atoms with Gasteiger partial charge in [0.15, 0.2) is 17.2 Å². The van der Waals surface area contributed by atoms with E-state index in [9.17, 15) is 27.5 Å². The minimum absolute atomic E-state index is 0.0804. The smallest absolute Gasteiger partial charge is 0.403 e. The number of hydrogen-bond donors (Lipinski definition) is 2. The Morgan fingerprint density at radius 2 is 1.94 bits per heavy atom. The topological polar surface area (TPSA) is 88.8 Å². The second kappa shape index (κ2) is 8.73. The number of carbonyl (C=O) groups is 1. The van der Waals surface area contributed by atoms with Crippen molar-refractivity contribution in [3.63, 3.8) is 0 Å². The zero-order valence-electron chi connectivity index (χ0n) is 17.6. The van der Waals surface area contributed by atoms with Crippen molar-refractivity contribution in [2.75, 3.05) is 0 Å². The highest BCUT2D eigenvalue weighted by atomic mass is 19.4. The predicted octanol–water partition coefficient (Wildman–Crippen LogP) is 4.10. The fourth-order valence-corrected chi connectivity index (χ4v) is 3.43. The molecular formula is C21H22F4N4O3. The summed E-state index contributed by atoms with van der Waals surface area (Å²) in [4.78, 5) is 17.2. The minimum Gasteiger partial charge on any atom is -0.403 e. The van der Waals surface area contributed by atoms with Crippen LogP contribution in [0.1, 0.15) is 54.2 Å². The number of halogens is 4. The summed E-state index contributed by atoms with van der Waals surface area (Å²) in [6.07, 6.45) is -0.134. The van der Waals surface area contributed by atoms with Crippen molar-refractivity contribution >= 4 is 11.6 Å². The molecule has 3 aromatic rings. The van der Waals surface area contributed by atoms with E-state index in [1.807, 2.05) is 6.92 Å². The Morgan fingerprint density at radius 1 is 1.25 bits per heavy atom. The van der Waals surface area contributed by atoms with E-state index in [-0.39, 0.29) is 29.6 Å². The van der Waals surface area contributed by atoms with Gasteiger partial charge in [-0.2, -0.15) is 5.10 Å². The van der Waals surface area contributed by atoms with Crippen LogP contribution in [0.25, 0.3) is 5.65 Å². The lowest BCUT2D eigenvalue weighted by Gasteiger charge is -2.35. The summed E-state index contributed by atoms with van der Waals surface area (Å²) in [5.41, 5.74) is -0.183. The highest BCUT2D eigenvalue weighted by Crippen LogP contribution is 2.35. The molecule has 172 valence electrons. The van der Waals surface area contributed by atoms with E-state index in [1.54, 1.807) is 26.2 Å². The average molecular weight is 454 g/mol. The first-order valence-electron chi connectivity index (χ1n) is 9.86. The zero-order chi connectivity index (χ0) is 23.7. The van der Waals surface area contributed by atoms with Crippen molar-refractivity contribution in [2.45, 2.75) is 51.6 Å². The molecule has 32 heavy (non-hydrogen) atoms. The molecule has 0 aliphatic rings. The number of aromatic nitrogens is 3. The highest BCUT2D eigenvalue weighted by Gasteiger charge is 2.38. The number of aliphatic hydroxyl groups is 1. The lowest BCUT2D eigenvalue weighted by atomic mass is 9.84. The van der Waals surface area contributed by atoms with Gasteiger partial charge in [0.2, 0.25) is 0 Å². The first-order valence-corrected chi connectivity index (χ1v) is 9.86. The summed E-state index contributed by atoms with van der Waals surface area (Å²) in [7, 11) is 0. The van der Waals surface area contributed by atoms with Crippen molar-refractivity contribution in [1.29, 1.82) is 0 Å². The molecule has 0 aliphatic heterocycles. The first kappa shape index (κ1) is 23.5. The Balaban J connectivity index is 1.98. The van der Waals surface area contributed by atoms with Gasteiger partial charge in [0.05, 0.1) is 17.8 Å². The highest BCUT2D eigenvalue weighted by molar-refractivity contribution is 5.99. The number of nitrogens with zero attached hydrogens (tertiary/aromatic N) is 3. The number of carbonyl (C=O) groups excluding carboxylic acids is 1. The Morgan fingerprint density at radius 3 is 2.53 bits per heavy atom. The number of fused-ring (bicyclic) bond motifs is 1. The van der Waals surface area contributed by atoms with Crippen molar-refractivity contribution < 1.29 is 32.2 Å². The second-order valence-electron chi connectivity index (χ2n) is 7.41. The molecule has 7 nitrogen and oxygen atoms in total. The minimum atomic E-state index is -5.06. The van der Waals surface area contributed by atoms with Crippen LogP contribution in [0, 0.1) is 12.7 Å². The van der Waals surface area contributed by atoms with E-state index >= 15 is 0 Å². The maximum Gasteiger partial charge on any atom is 0.573 e. The van der Waals surface area contributed by atoms with Crippen LogP contribution in [0.4, 0.5) is 17.6 Å². The molecule has 0 aliphatic carbocycles. The van der Waals surface area contributed by atoms with Crippen molar-refractivity contribution in [2.24, 2.45) is 0 Å². The molecule has 0 bridgehead atoms. The predicted molar refractivity (Wildman–Crippen MR) is 107 cm³/mol. The first-order chi connectivity index (χ1) is 15.0. The quantitative estimate of drug-likeness (QED) is 0.525. The molecule has 11 heteroatoms. The number of aryl methyl sites for hydroxylation is 1. The SMILES string of the molecule is CCC(O)(CC)C(NC(=O)c1cnn2cc(C)cnc12)c1ccc(OC(F)(F)F)c(F)c1. The van der Waals surface area contributed by atoms with Crippen molar-refractivity contribution in [3.8, 4) is 5.75 Å². The van der Waals surface area contributed by atoms with Crippen molar-refractivity contribution in [1.82, 2.24) is 19.9 Å². The van der Waals surface area contributed by atoms with E-state index in [1.165, 1.54) is 16.8 Å². The van der Waals surface area contributed by atoms with Gasteiger partial charge in [0.1, 0.15) is 5.56 Å². The molecule has 1 unspecified atom stereocenters. The van der Waals surface area contributed by atoms with E-state index in [4.69, 9.17) is 0 Å². The molecule has 2 aromatic heterocycles. The van der Waals surface area contributed by atoms with E-state index < -0.39 is 35.5 Å². The van der Waals surface area contributed by atoms with Gasteiger partial charge in [-0.25, -0.2) is 13.9 Å². The van der Waals surface area contributed by atoms with Gasteiger partial charge in [0, 0.05) is 12.4 Å². The number of amides is 1. The fourth-order valence-electron chi connectivity index (χ4n) is 3.43. The van der Waals surface area contributed by atoms with Crippen LogP contribution in [0.5, 0.6) is 5.75 Å². The largest absolute Gasteiger partial charge is 0.573 e.